The van der Waals surface area contributed by atoms with Gasteiger partial charge in [-0.1, -0.05) is 38.4 Å². The molecule has 3 rings (SSSR count). The van der Waals surface area contributed by atoms with Crippen LogP contribution in [0.5, 0.6) is 0 Å². The first-order chi connectivity index (χ1) is 12.8. The van der Waals surface area contributed by atoms with E-state index < -0.39 is 11.7 Å². The Labute approximate surface area is 161 Å². The molecule has 0 saturated carbocycles. The highest BCUT2D eigenvalue weighted by Gasteiger charge is 2.31. The third-order valence-electron chi connectivity index (χ3n) is 4.86. The van der Waals surface area contributed by atoms with Crippen molar-refractivity contribution in [2.24, 2.45) is 0 Å². The Bertz CT molecular complexity index is 959. The van der Waals surface area contributed by atoms with Crippen molar-refractivity contribution in [3.8, 4) is 11.1 Å². The van der Waals surface area contributed by atoms with Gasteiger partial charge in [0.2, 0.25) is 0 Å². The van der Waals surface area contributed by atoms with Crippen molar-refractivity contribution in [2.75, 3.05) is 0 Å². The van der Waals surface area contributed by atoms with Crippen molar-refractivity contribution < 1.29 is 13.2 Å². The van der Waals surface area contributed by atoms with E-state index in [1.165, 1.54) is 6.07 Å². The highest BCUT2D eigenvalue weighted by atomic mass is 35.5. The first-order valence-electron chi connectivity index (χ1n) is 9.04. The van der Waals surface area contributed by atoms with Gasteiger partial charge in [-0.15, -0.1) is 0 Å². The van der Waals surface area contributed by atoms with Gasteiger partial charge in [-0.05, 0) is 31.0 Å². The monoisotopic (exact) mass is 395 g/mol. The molecule has 2 aromatic heterocycles. The first kappa shape index (κ1) is 19.7. The summed E-state index contributed by atoms with van der Waals surface area (Å²) in [4.78, 5) is 9.27. The molecule has 3 nitrogen and oxygen atoms in total. The molecule has 0 unspecified atom stereocenters. The Morgan fingerprint density at radius 3 is 2.33 bits per heavy atom. The number of hydrogen-bond acceptors (Lipinski definition) is 2. The molecular weight excluding hydrogens is 375 g/mol. The Hall–Kier alpha value is -2.08. The zero-order valence-electron chi connectivity index (χ0n) is 15.4. The first-order valence-corrected chi connectivity index (χ1v) is 9.42. The van der Waals surface area contributed by atoms with Gasteiger partial charge in [-0.3, -0.25) is 0 Å². The third kappa shape index (κ3) is 3.55. The van der Waals surface area contributed by atoms with Gasteiger partial charge in [-0.25, -0.2) is 9.97 Å². The van der Waals surface area contributed by atoms with Crippen LogP contribution in [0.15, 0.2) is 30.5 Å². The Morgan fingerprint density at radius 1 is 1.07 bits per heavy atom. The molecule has 0 bridgehead atoms. The lowest BCUT2D eigenvalue weighted by molar-refractivity contribution is -0.137. The van der Waals surface area contributed by atoms with Gasteiger partial charge in [0.15, 0.2) is 5.65 Å². The molecule has 7 heteroatoms. The number of aromatic nitrogens is 3. The van der Waals surface area contributed by atoms with Crippen molar-refractivity contribution >= 4 is 22.8 Å². The van der Waals surface area contributed by atoms with Crippen LogP contribution in [0.25, 0.3) is 22.3 Å². The number of aryl methyl sites for hydroxylation is 1. The number of nitrogens with zero attached hydrogens (tertiary/aromatic N) is 3. The van der Waals surface area contributed by atoms with Gasteiger partial charge in [0.1, 0.15) is 11.3 Å². The fourth-order valence-electron chi connectivity index (χ4n) is 3.45. The highest BCUT2D eigenvalue weighted by Crippen LogP contribution is 2.38. The smallest absolute Gasteiger partial charge is 0.310 e. The molecule has 1 aromatic carbocycles. The second-order valence-corrected chi connectivity index (χ2v) is 6.85. The predicted molar refractivity (Wildman–Crippen MR) is 102 cm³/mol. The van der Waals surface area contributed by atoms with E-state index in [1.807, 2.05) is 6.92 Å². The Kier molecular flexibility index (Phi) is 5.47. The molecule has 0 radical (unpaired) electrons. The topological polar surface area (TPSA) is 30.7 Å². The molecule has 0 spiro atoms. The molecule has 0 amide bonds. The molecule has 0 aliphatic rings. The van der Waals surface area contributed by atoms with Crippen molar-refractivity contribution in [3.63, 3.8) is 0 Å². The summed E-state index contributed by atoms with van der Waals surface area (Å²) in [5.74, 6) is 0.918. The fraction of sp³-hybridized carbons (Fsp3) is 0.400. The zero-order valence-corrected chi connectivity index (χ0v) is 16.2. The maximum Gasteiger partial charge on any atom is 0.416 e. The summed E-state index contributed by atoms with van der Waals surface area (Å²) in [5.41, 5.74) is 1.86. The standard InChI is InChI=1S/C20H21ClF3N3/c1-4-13(5-2)27-17(6-3)26-18-15(9-10-25-19(18)27)14-8-7-12(11-16(14)21)20(22,23)24/h7-11,13H,4-6H2,1-3H3. The van der Waals surface area contributed by atoms with Gasteiger partial charge in [-0.2, -0.15) is 13.2 Å². The second kappa shape index (κ2) is 7.50. The minimum Gasteiger partial charge on any atom is -0.310 e. The molecule has 144 valence electrons. The van der Waals surface area contributed by atoms with E-state index in [-0.39, 0.29) is 11.1 Å². The maximum atomic E-state index is 12.9. The summed E-state index contributed by atoms with van der Waals surface area (Å²) in [5, 5.41) is 0.0486. The molecule has 0 fully saturated rings. The van der Waals surface area contributed by atoms with E-state index >= 15 is 0 Å². The summed E-state index contributed by atoms with van der Waals surface area (Å²) in [6.45, 7) is 6.27. The van der Waals surface area contributed by atoms with E-state index in [1.54, 1.807) is 12.3 Å². The van der Waals surface area contributed by atoms with Crippen LogP contribution in [0.1, 0.15) is 51.0 Å². The van der Waals surface area contributed by atoms with E-state index in [9.17, 15) is 13.2 Å². The quantitative estimate of drug-likeness (QED) is 0.481. The second-order valence-electron chi connectivity index (χ2n) is 6.45. The number of pyridine rings is 1. The number of benzene rings is 1. The lowest BCUT2D eigenvalue weighted by atomic mass is 10.0. The highest BCUT2D eigenvalue weighted by molar-refractivity contribution is 6.33. The van der Waals surface area contributed by atoms with Gasteiger partial charge in [0, 0.05) is 34.8 Å². The predicted octanol–water partition coefficient (Wildman–Crippen LogP) is 6.69. The van der Waals surface area contributed by atoms with Crippen molar-refractivity contribution in [1.29, 1.82) is 0 Å². The number of fused-ring (bicyclic) bond motifs is 1. The van der Waals surface area contributed by atoms with Crippen LogP contribution >= 0.6 is 11.6 Å². The molecule has 0 N–H and O–H groups in total. The van der Waals surface area contributed by atoms with Crippen molar-refractivity contribution in [1.82, 2.24) is 14.5 Å². The summed E-state index contributed by atoms with van der Waals surface area (Å²) in [6.07, 6.45) is -0.134. The van der Waals surface area contributed by atoms with E-state index in [0.29, 0.717) is 16.6 Å². The third-order valence-corrected chi connectivity index (χ3v) is 5.18. The number of imidazole rings is 1. The molecular formula is C20H21ClF3N3. The zero-order chi connectivity index (χ0) is 19.8. The molecule has 27 heavy (non-hydrogen) atoms. The van der Waals surface area contributed by atoms with Gasteiger partial charge in [0.05, 0.1) is 5.56 Å². The van der Waals surface area contributed by atoms with Gasteiger partial charge < -0.3 is 4.57 Å². The minimum atomic E-state index is -4.43. The van der Waals surface area contributed by atoms with Crippen LogP contribution in [0.2, 0.25) is 5.02 Å². The molecule has 0 aliphatic heterocycles. The largest absolute Gasteiger partial charge is 0.416 e. The number of hydrogen-bond donors (Lipinski definition) is 0. The fourth-order valence-corrected chi connectivity index (χ4v) is 3.73. The van der Waals surface area contributed by atoms with Crippen LogP contribution in [0.3, 0.4) is 0 Å². The van der Waals surface area contributed by atoms with Gasteiger partial charge >= 0.3 is 6.18 Å². The van der Waals surface area contributed by atoms with Crippen LogP contribution in [0, 0.1) is 0 Å². The molecule has 0 atom stereocenters. The van der Waals surface area contributed by atoms with Gasteiger partial charge in [0.25, 0.3) is 0 Å². The molecule has 0 aliphatic carbocycles. The summed E-state index contributed by atoms with van der Waals surface area (Å²) in [6, 6.07) is 5.44. The minimum absolute atomic E-state index is 0.0486. The average molecular weight is 396 g/mol. The van der Waals surface area contributed by atoms with E-state index in [0.717, 1.165) is 42.9 Å². The van der Waals surface area contributed by atoms with E-state index in [2.05, 4.69) is 23.4 Å². The number of alkyl halides is 3. The summed E-state index contributed by atoms with van der Waals surface area (Å²) in [7, 11) is 0. The van der Waals surface area contributed by atoms with Crippen LogP contribution < -0.4 is 0 Å². The SMILES string of the molecule is CCc1nc2c(-c3ccc(C(F)(F)F)cc3Cl)ccnc2n1C(CC)CC. The average Bonchev–Trinajstić information content (AvgIpc) is 3.01. The normalized spacial score (nSPS) is 12.3. The summed E-state index contributed by atoms with van der Waals surface area (Å²) >= 11 is 6.21. The molecule has 0 saturated heterocycles. The van der Waals surface area contributed by atoms with E-state index in [4.69, 9.17) is 16.6 Å². The van der Waals surface area contributed by atoms with Crippen molar-refractivity contribution in [3.05, 3.63) is 46.9 Å². The maximum absolute atomic E-state index is 12.9. The lowest BCUT2D eigenvalue weighted by Crippen LogP contribution is -2.11. The van der Waals surface area contributed by atoms with Crippen LogP contribution in [0.4, 0.5) is 13.2 Å². The molecule has 3 aromatic rings. The van der Waals surface area contributed by atoms with Crippen LogP contribution in [-0.2, 0) is 12.6 Å². The number of rotatable bonds is 5. The molecule has 2 heterocycles. The Morgan fingerprint density at radius 2 is 1.78 bits per heavy atom. The van der Waals surface area contributed by atoms with Crippen LogP contribution in [-0.4, -0.2) is 14.5 Å². The lowest BCUT2D eigenvalue weighted by Gasteiger charge is -2.17. The number of halogens is 4. The summed E-state index contributed by atoms with van der Waals surface area (Å²) < 4.78 is 41.0. The van der Waals surface area contributed by atoms with Crippen molar-refractivity contribution in [2.45, 2.75) is 52.3 Å². The Balaban J connectivity index is 2.22.